The van der Waals surface area contributed by atoms with E-state index in [4.69, 9.17) is 0 Å². The van der Waals surface area contributed by atoms with Crippen molar-refractivity contribution in [1.29, 1.82) is 0 Å². The predicted octanol–water partition coefficient (Wildman–Crippen LogP) is 2.23. The van der Waals surface area contributed by atoms with Gasteiger partial charge in [0.25, 0.3) is 0 Å². The minimum absolute atomic E-state index is 0.0984. The van der Waals surface area contributed by atoms with E-state index in [1.165, 1.54) is 0 Å². The Kier molecular flexibility index (Phi) is 5.63. The van der Waals surface area contributed by atoms with Gasteiger partial charge in [0.1, 0.15) is 0 Å². The Hall–Kier alpha value is -0.920. The van der Waals surface area contributed by atoms with Crippen LogP contribution in [-0.4, -0.2) is 27.8 Å². The molecule has 0 aromatic heterocycles. The van der Waals surface area contributed by atoms with Crippen molar-refractivity contribution in [2.45, 2.75) is 55.7 Å². The molecule has 124 valence electrons. The predicted molar refractivity (Wildman–Crippen MR) is 86.8 cm³/mol. The second-order valence-corrected chi connectivity index (χ2v) is 9.89. The molecule has 1 saturated carbocycles. The maximum atomic E-state index is 12.4. The Balaban J connectivity index is 2.04. The van der Waals surface area contributed by atoms with E-state index in [9.17, 15) is 16.8 Å². The smallest absolute Gasteiger partial charge is 0.211 e. The molecule has 0 amide bonds. The molecule has 5 nitrogen and oxygen atoms in total. The zero-order valence-corrected chi connectivity index (χ0v) is 14.4. The fourth-order valence-corrected chi connectivity index (χ4v) is 5.64. The summed E-state index contributed by atoms with van der Waals surface area (Å²) >= 11 is 0. The van der Waals surface area contributed by atoms with Crippen LogP contribution in [-0.2, 0) is 26.4 Å². The van der Waals surface area contributed by atoms with Gasteiger partial charge < -0.3 is 0 Å². The Morgan fingerprint density at radius 1 is 1.05 bits per heavy atom. The van der Waals surface area contributed by atoms with Gasteiger partial charge in [-0.2, -0.15) is 0 Å². The number of nitrogens with one attached hydrogen (secondary N) is 1. The Bertz CT molecular complexity index is 688. The van der Waals surface area contributed by atoms with E-state index >= 15 is 0 Å². The molecule has 1 N–H and O–H groups in total. The van der Waals surface area contributed by atoms with Gasteiger partial charge >= 0.3 is 0 Å². The molecule has 2 rings (SSSR count). The zero-order valence-electron chi connectivity index (χ0n) is 12.8. The van der Waals surface area contributed by atoms with Crippen molar-refractivity contribution in [1.82, 2.24) is 4.72 Å². The van der Waals surface area contributed by atoms with Gasteiger partial charge in [-0.25, -0.2) is 21.6 Å². The lowest BCUT2D eigenvalue weighted by atomic mass is 10.2. The van der Waals surface area contributed by atoms with Gasteiger partial charge in [0.05, 0.1) is 15.9 Å². The van der Waals surface area contributed by atoms with Gasteiger partial charge in [-0.05, 0) is 37.0 Å². The van der Waals surface area contributed by atoms with E-state index in [2.05, 4.69) is 4.72 Å². The zero-order chi connectivity index (χ0) is 16.2. The summed E-state index contributed by atoms with van der Waals surface area (Å²) < 4.78 is 50.6. The first-order chi connectivity index (χ1) is 10.3. The highest BCUT2D eigenvalue weighted by Gasteiger charge is 2.30. The van der Waals surface area contributed by atoms with Gasteiger partial charge in [0.2, 0.25) is 10.0 Å². The van der Waals surface area contributed by atoms with Gasteiger partial charge in [-0.1, -0.05) is 31.9 Å². The van der Waals surface area contributed by atoms with Crippen molar-refractivity contribution in [3.8, 4) is 0 Å². The van der Waals surface area contributed by atoms with E-state index in [-0.39, 0.29) is 17.5 Å². The third-order valence-electron chi connectivity index (χ3n) is 3.96. The third kappa shape index (κ3) is 4.30. The molecular formula is C15H23NO4S2. The lowest BCUT2D eigenvalue weighted by Crippen LogP contribution is -2.25. The van der Waals surface area contributed by atoms with Crippen molar-refractivity contribution in [2.24, 2.45) is 0 Å². The number of sulfone groups is 1. The van der Waals surface area contributed by atoms with Gasteiger partial charge in [-0.3, -0.25) is 0 Å². The number of benzene rings is 1. The summed E-state index contributed by atoms with van der Waals surface area (Å²) in [4.78, 5) is 0.333. The Labute approximate surface area is 133 Å². The molecule has 0 aliphatic heterocycles. The summed E-state index contributed by atoms with van der Waals surface area (Å²) in [6, 6.07) is 6.51. The largest absolute Gasteiger partial charge is 0.223 e. The molecule has 0 heterocycles. The van der Waals surface area contributed by atoms with Crippen molar-refractivity contribution >= 4 is 19.9 Å². The molecule has 0 saturated heterocycles. The van der Waals surface area contributed by atoms with Crippen LogP contribution in [0.5, 0.6) is 0 Å². The quantitative estimate of drug-likeness (QED) is 0.822. The standard InChI is InChI=1S/C15H23NO4S2/c1-2-11-21(17,18)16-12-13-7-9-15(10-8-13)22(19,20)14-5-3-4-6-14/h7-10,14,16H,2-6,11-12H2,1H3. The fraction of sp³-hybridized carbons (Fsp3) is 0.600. The molecule has 1 aliphatic carbocycles. The van der Waals surface area contributed by atoms with Gasteiger partial charge in [0.15, 0.2) is 9.84 Å². The number of rotatable bonds is 7. The maximum absolute atomic E-state index is 12.4. The van der Waals surface area contributed by atoms with E-state index < -0.39 is 19.9 Å². The van der Waals surface area contributed by atoms with E-state index in [1.54, 1.807) is 24.3 Å². The molecular weight excluding hydrogens is 322 g/mol. The fourth-order valence-electron chi connectivity index (χ4n) is 2.72. The van der Waals surface area contributed by atoms with Crippen molar-refractivity contribution in [3.05, 3.63) is 29.8 Å². The maximum Gasteiger partial charge on any atom is 0.211 e. The highest BCUT2D eigenvalue weighted by molar-refractivity contribution is 7.92. The minimum atomic E-state index is -3.25. The van der Waals surface area contributed by atoms with Crippen molar-refractivity contribution < 1.29 is 16.8 Å². The summed E-state index contributed by atoms with van der Waals surface area (Å²) in [7, 11) is -6.50. The third-order valence-corrected chi connectivity index (χ3v) is 7.77. The SMILES string of the molecule is CCCS(=O)(=O)NCc1ccc(S(=O)(=O)C2CCCC2)cc1. The van der Waals surface area contributed by atoms with Crippen molar-refractivity contribution in [2.75, 3.05) is 5.75 Å². The second-order valence-electron chi connectivity index (χ2n) is 5.74. The van der Waals surface area contributed by atoms with E-state index in [0.29, 0.717) is 11.3 Å². The molecule has 22 heavy (non-hydrogen) atoms. The topological polar surface area (TPSA) is 80.3 Å². The number of hydrogen-bond acceptors (Lipinski definition) is 4. The summed E-state index contributed by atoms with van der Waals surface area (Å²) in [5.41, 5.74) is 0.755. The summed E-state index contributed by atoms with van der Waals surface area (Å²) in [5.74, 6) is 0.0984. The van der Waals surface area contributed by atoms with Crippen LogP contribution in [0.3, 0.4) is 0 Å². The molecule has 1 aromatic carbocycles. The highest BCUT2D eigenvalue weighted by atomic mass is 32.2. The normalized spacial score (nSPS) is 17.0. The number of hydrogen-bond donors (Lipinski definition) is 1. The van der Waals surface area contributed by atoms with Crippen LogP contribution in [0.2, 0.25) is 0 Å². The summed E-state index contributed by atoms with van der Waals surface area (Å²) in [5, 5.41) is -0.263. The molecule has 1 aliphatic rings. The Morgan fingerprint density at radius 2 is 1.64 bits per heavy atom. The first-order valence-corrected chi connectivity index (χ1v) is 10.8. The molecule has 7 heteroatoms. The molecule has 0 radical (unpaired) electrons. The molecule has 0 unspecified atom stereocenters. The van der Waals surface area contributed by atoms with Gasteiger partial charge in [0, 0.05) is 6.54 Å². The van der Waals surface area contributed by atoms with Crippen LogP contribution >= 0.6 is 0 Å². The lowest BCUT2D eigenvalue weighted by molar-refractivity contribution is 0.577. The highest BCUT2D eigenvalue weighted by Crippen LogP contribution is 2.29. The first-order valence-electron chi connectivity index (χ1n) is 7.65. The monoisotopic (exact) mass is 345 g/mol. The average Bonchev–Trinajstić information content (AvgIpc) is 3.00. The molecule has 0 bridgehead atoms. The van der Waals surface area contributed by atoms with Crippen LogP contribution in [0, 0.1) is 0 Å². The molecule has 0 spiro atoms. The number of sulfonamides is 1. The summed E-state index contributed by atoms with van der Waals surface area (Å²) in [6.07, 6.45) is 3.98. The Morgan fingerprint density at radius 3 is 2.18 bits per heavy atom. The van der Waals surface area contributed by atoms with E-state index in [1.807, 2.05) is 6.92 Å². The minimum Gasteiger partial charge on any atom is -0.223 e. The van der Waals surface area contributed by atoms with Crippen LogP contribution in [0.1, 0.15) is 44.6 Å². The van der Waals surface area contributed by atoms with Crippen molar-refractivity contribution in [3.63, 3.8) is 0 Å². The summed E-state index contributed by atoms with van der Waals surface area (Å²) in [6.45, 7) is 1.99. The van der Waals surface area contributed by atoms with E-state index in [0.717, 1.165) is 31.2 Å². The first kappa shape index (κ1) is 17.4. The van der Waals surface area contributed by atoms with Crippen LogP contribution in [0.15, 0.2) is 29.2 Å². The molecule has 1 fully saturated rings. The van der Waals surface area contributed by atoms with Crippen LogP contribution in [0.4, 0.5) is 0 Å². The van der Waals surface area contributed by atoms with Crippen LogP contribution < -0.4 is 4.72 Å². The molecule has 1 aromatic rings. The van der Waals surface area contributed by atoms with Crippen LogP contribution in [0.25, 0.3) is 0 Å². The second kappa shape index (κ2) is 7.10. The average molecular weight is 345 g/mol. The molecule has 0 atom stereocenters. The lowest BCUT2D eigenvalue weighted by Gasteiger charge is -2.12. The van der Waals surface area contributed by atoms with Gasteiger partial charge in [-0.15, -0.1) is 0 Å².